The van der Waals surface area contributed by atoms with E-state index in [2.05, 4.69) is 22.5 Å². The minimum atomic E-state index is 0.00368. The molecule has 1 aromatic carbocycles. The Morgan fingerprint density at radius 2 is 2.05 bits per heavy atom. The summed E-state index contributed by atoms with van der Waals surface area (Å²) in [5.74, 6) is 0. The predicted molar refractivity (Wildman–Crippen MR) is 85.5 cm³/mol. The molecule has 0 amide bonds. The summed E-state index contributed by atoms with van der Waals surface area (Å²) in [6, 6.07) is 10.2. The number of rotatable bonds is 7. The van der Waals surface area contributed by atoms with E-state index in [0.717, 1.165) is 24.4 Å². The van der Waals surface area contributed by atoms with E-state index < -0.39 is 0 Å². The highest BCUT2D eigenvalue weighted by Crippen LogP contribution is 2.20. The Bertz CT molecular complexity index is 568. The van der Waals surface area contributed by atoms with Gasteiger partial charge in [0.05, 0.1) is 23.0 Å². The van der Waals surface area contributed by atoms with Crippen molar-refractivity contribution in [2.24, 2.45) is 0 Å². The molecule has 2 aromatic rings. The number of benzene rings is 1. The molecule has 5 heteroatoms. The Morgan fingerprint density at radius 1 is 1.33 bits per heavy atom. The zero-order chi connectivity index (χ0) is 15.2. The first-order valence-electron chi connectivity index (χ1n) is 7.25. The second-order valence-corrected chi connectivity index (χ2v) is 5.49. The second kappa shape index (κ2) is 7.59. The Balaban J connectivity index is 2.00. The monoisotopic (exact) mass is 307 g/mol. The van der Waals surface area contributed by atoms with Crippen LogP contribution in [0, 0.1) is 6.92 Å². The Kier molecular flexibility index (Phi) is 5.79. The van der Waals surface area contributed by atoms with Gasteiger partial charge in [0.25, 0.3) is 0 Å². The van der Waals surface area contributed by atoms with E-state index in [-0.39, 0.29) is 12.6 Å². The maximum atomic E-state index is 9.55. The van der Waals surface area contributed by atoms with Crippen molar-refractivity contribution in [2.45, 2.75) is 39.4 Å². The van der Waals surface area contributed by atoms with Gasteiger partial charge in [0.15, 0.2) is 0 Å². The molecule has 114 valence electrons. The van der Waals surface area contributed by atoms with Gasteiger partial charge in [-0.1, -0.05) is 41.9 Å². The fourth-order valence-electron chi connectivity index (χ4n) is 2.38. The Hall–Kier alpha value is -1.36. The SMILES string of the molecule is CCn1nc(C)c(Cl)c1CNC(CO)Cc1ccccc1. The molecule has 0 saturated carbocycles. The highest BCUT2D eigenvalue weighted by Gasteiger charge is 2.14. The first kappa shape index (κ1) is 16.0. The fraction of sp³-hybridized carbons (Fsp3) is 0.438. The number of aromatic nitrogens is 2. The maximum Gasteiger partial charge on any atom is 0.0860 e. The van der Waals surface area contributed by atoms with Gasteiger partial charge in [-0.2, -0.15) is 5.10 Å². The first-order chi connectivity index (χ1) is 10.2. The van der Waals surface area contributed by atoms with Crippen LogP contribution in [0.2, 0.25) is 5.02 Å². The molecule has 4 nitrogen and oxygen atoms in total. The molecule has 0 radical (unpaired) electrons. The van der Waals surface area contributed by atoms with Crippen LogP contribution in [-0.4, -0.2) is 27.5 Å². The van der Waals surface area contributed by atoms with Gasteiger partial charge in [0.2, 0.25) is 0 Å². The third kappa shape index (κ3) is 4.06. The molecule has 1 heterocycles. The van der Waals surface area contributed by atoms with Crippen molar-refractivity contribution in [1.29, 1.82) is 0 Å². The van der Waals surface area contributed by atoms with Crippen molar-refractivity contribution in [3.63, 3.8) is 0 Å². The van der Waals surface area contributed by atoms with Crippen LogP contribution in [0.15, 0.2) is 30.3 Å². The van der Waals surface area contributed by atoms with Crippen LogP contribution in [0.5, 0.6) is 0 Å². The molecule has 0 aliphatic rings. The zero-order valence-corrected chi connectivity index (χ0v) is 13.3. The average Bonchev–Trinajstić information content (AvgIpc) is 2.79. The second-order valence-electron chi connectivity index (χ2n) is 5.11. The summed E-state index contributed by atoms with van der Waals surface area (Å²) in [6.07, 6.45) is 0.786. The number of nitrogens with zero attached hydrogens (tertiary/aromatic N) is 2. The van der Waals surface area contributed by atoms with Crippen LogP contribution in [-0.2, 0) is 19.5 Å². The first-order valence-corrected chi connectivity index (χ1v) is 7.63. The smallest absolute Gasteiger partial charge is 0.0860 e. The summed E-state index contributed by atoms with van der Waals surface area (Å²) in [5.41, 5.74) is 3.03. The van der Waals surface area contributed by atoms with Gasteiger partial charge in [0, 0.05) is 19.1 Å². The van der Waals surface area contributed by atoms with Gasteiger partial charge >= 0.3 is 0 Å². The number of halogens is 1. The molecular weight excluding hydrogens is 286 g/mol. The molecule has 2 rings (SSSR count). The molecule has 1 aromatic heterocycles. The van der Waals surface area contributed by atoms with Gasteiger partial charge in [-0.05, 0) is 25.8 Å². The van der Waals surface area contributed by atoms with Crippen LogP contribution in [0.4, 0.5) is 0 Å². The van der Waals surface area contributed by atoms with Crippen LogP contribution in [0.25, 0.3) is 0 Å². The van der Waals surface area contributed by atoms with Gasteiger partial charge in [-0.15, -0.1) is 0 Å². The number of aliphatic hydroxyl groups is 1. The molecule has 0 spiro atoms. The fourth-order valence-corrected chi connectivity index (χ4v) is 2.58. The summed E-state index contributed by atoms with van der Waals surface area (Å²) in [6.45, 7) is 5.43. The van der Waals surface area contributed by atoms with E-state index in [1.807, 2.05) is 36.7 Å². The van der Waals surface area contributed by atoms with Crippen molar-refractivity contribution in [3.8, 4) is 0 Å². The highest BCUT2D eigenvalue weighted by molar-refractivity contribution is 6.31. The number of hydrogen-bond acceptors (Lipinski definition) is 3. The lowest BCUT2D eigenvalue weighted by atomic mass is 10.1. The summed E-state index contributed by atoms with van der Waals surface area (Å²) in [5, 5.41) is 18.0. The normalized spacial score (nSPS) is 12.6. The molecule has 1 unspecified atom stereocenters. The standard InChI is InChI=1S/C16H22ClN3O/c1-3-20-15(16(17)12(2)19-20)10-18-14(11-21)9-13-7-5-4-6-8-13/h4-8,14,18,21H,3,9-11H2,1-2H3. The summed E-state index contributed by atoms with van der Waals surface area (Å²) in [4.78, 5) is 0. The lowest BCUT2D eigenvalue weighted by Crippen LogP contribution is -2.34. The lowest BCUT2D eigenvalue weighted by molar-refractivity contribution is 0.240. The number of aliphatic hydroxyl groups excluding tert-OH is 1. The minimum Gasteiger partial charge on any atom is -0.395 e. The van der Waals surface area contributed by atoms with Crippen LogP contribution < -0.4 is 5.32 Å². The van der Waals surface area contributed by atoms with E-state index in [0.29, 0.717) is 11.6 Å². The van der Waals surface area contributed by atoms with Crippen LogP contribution in [0.1, 0.15) is 23.9 Å². The van der Waals surface area contributed by atoms with E-state index in [4.69, 9.17) is 11.6 Å². The van der Waals surface area contributed by atoms with E-state index >= 15 is 0 Å². The van der Waals surface area contributed by atoms with Gasteiger partial charge in [0.1, 0.15) is 0 Å². The molecule has 0 fully saturated rings. The number of nitrogens with one attached hydrogen (secondary N) is 1. The zero-order valence-electron chi connectivity index (χ0n) is 12.5. The molecule has 0 aliphatic heterocycles. The van der Waals surface area contributed by atoms with Crippen molar-refractivity contribution in [1.82, 2.24) is 15.1 Å². The van der Waals surface area contributed by atoms with Crippen molar-refractivity contribution in [3.05, 3.63) is 52.3 Å². The van der Waals surface area contributed by atoms with Crippen molar-refractivity contribution < 1.29 is 5.11 Å². The van der Waals surface area contributed by atoms with Crippen molar-refractivity contribution in [2.75, 3.05) is 6.61 Å². The highest BCUT2D eigenvalue weighted by atomic mass is 35.5. The summed E-state index contributed by atoms with van der Waals surface area (Å²) >= 11 is 6.29. The molecule has 0 bridgehead atoms. The third-order valence-electron chi connectivity index (χ3n) is 3.56. The molecule has 21 heavy (non-hydrogen) atoms. The van der Waals surface area contributed by atoms with Crippen molar-refractivity contribution >= 4 is 11.6 Å². The predicted octanol–water partition coefficient (Wildman–Crippen LogP) is 2.56. The molecule has 0 aliphatic carbocycles. The third-order valence-corrected chi connectivity index (χ3v) is 4.05. The van der Waals surface area contributed by atoms with E-state index in [1.54, 1.807) is 0 Å². The maximum absolute atomic E-state index is 9.55. The number of hydrogen-bond donors (Lipinski definition) is 2. The van der Waals surface area contributed by atoms with E-state index in [9.17, 15) is 5.11 Å². The molecule has 1 atom stereocenters. The molecule has 0 saturated heterocycles. The summed E-state index contributed by atoms with van der Waals surface area (Å²) < 4.78 is 1.90. The Morgan fingerprint density at radius 3 is 2.67 bits per heavy atom. The summed E-state index contributed by atoms with van der Waals surface area (Å²) in [7, 11) is 0. The topological polar surface area (TPSA) is 50.1 Å². The van der Waals surface area contributed by atoms with Gasteiger partial charge in [-0.3, -0.25) is 4.68 Å². The van der Waals surface area contributed by atoms with E-state index in [1.165, 1.54) is 5.56 Å². The number of aryl methyl sites for hydroxylation is 2. The largest absolute Gasteiger partial charge is 0.395 e. The van der Waals surface area contributed by atoms with Gasteiger partial charge < -0.3 is 10.4 Å². The van der Waals surface area contributed by atoms with Crippen LogP contribution >= 0.6 is 11.6 Å². The average molecular weight is 308 g/mol. The quantitative estimate of drug-likeness (QED) is 0.826. The Labute approximate surface area is 130 Å². The lowest BCUT2D eigenvalue weighted by Gasteiger charge is -2.17. The van der Waals surface area contributed by atoms with Crippen LogP contribution in [0.3, 0.4) is 0 Å². The molecule has 2 N–H and O–H groups in total. The molecular formula is C16H22ClN3O. The minimum absolute atomic E-state index is 0.00368. The van der Waals surface area contributed by atoms with Gasteiger partial charge in [-0.25, -0.2) is 0 Å².